The fourth-order valence-corrected chi connectivity index (χ4v) is 5.32. The lowest BCUT2D eigenvalue weighted by molar-refractivity contribution is -0.385. The zero-order valence-electron chi connectivity index (χ0n) is 21.0. The molecule has 39 heavy (non-hydrogen) atoms. The van der Waals surface area contributed by atoms with E-state index >= 15 is 0 Å². The molecule has 0 radical (unpaired) electrons. The van der Waals surface area contributed by atoms with Crippen LogP contribution in [0.3, 0.4) is 0 Å². The minimum absolute atomic E-state index is 0.0282. The molecular weight excluding hydrogens is 492 g/mol. The van der Waals surface area contributed by atoms with Crippen LogP contribution < -0.4 is 10.6 Å². The smallest absolute Gasteiger partial charge is 0.269 e. The van der Waals surface area contributed by atoms with Gasteiger partial charge in [-0.3, -0.25) is 19.8 Å². The monoisotopic (exact) mass is 516 g/mol. The summed E-state index contributed by atoms with van der Waals surface area (Å²) in [4.78, 5) is 38.8. The highest BCUT2D eigenvalue weighted by Gasteiger charge is 2.62. The number of aryl methyl sites for hydroxylation is 1. The maximum Gasteiger partial charge on any atom is 0.269 e. The second-order valence-corrected chi connectivity index (χ2v) is 9.41. The average Bonchev–Trinajstić information content (AvgIpc) is 3.22. The van der Waals surface area contributed by atoms with E-state index in [2.05, 4.69) is 9.98 Å². The fraction of sp³-hybridized carbons (Fsp3) is 0.100. The first-order valence-electron chi connectivity index (χ1n) is 12.4. The first-order chi connectivity index (χ1) is 18.9. The topological polar surface area (TPSA) is 117 Å². The summed E-state index contributed by atoms with van der Waals surface area (Å²) in [7, 11) is 0. The van der Waals surface area contributed by atoms with Crippen LogP contribution in [0.25, 0.3) is 0 Å². The van der Waals surface area contributed by atoms with Gasteiger partial charge in [0.05, 0.1) is 10.6 Å². The maximum atomic E-state index is 14.9. The van der Waals surface area contributed by atoms with E-state index in [0.717, 1.165) is 5.56 Å². The van der Waals surface area contributed by atoms with Crippen LogP contribution >= 0.6 is 0 Å². The highest BCUT2D eigenvalue weighted by Crippen LogP contribution is 2.50. The summed E-state index contributed by atoms with van der Waals surface area (Å²) in [5, 5.41) is 11.7. The number of hydrogen-bond donors (Lipinski definition) is 1. The summed E-state index contributed by atoms with van der Waals surface area (Å²) >= 11 is 0. The molecule has 1 unspecified atom stereocenters. The van der Waals surface area contributed by atoms with Crippen molar-refractivity contribution in [2.24, 2.45) is 15.7 Å². The molecule has 0 aliphatic carbocycles. The van der Waals surface area contributed by atoms with Gasteiger partial charge >= 0.3 is 0 Å². The van der Waals surface area contributed by atoms with E-state index in [1.54, 1.807) is 17.0 Å². The van der Waals surface area contributed by atoms with E-state index in [4.69, 9.17) is 5.73 Å². The van der Waals surface area contributed by atoms with Gasteiger partial charge in [0, 0.05) is 17.7 Å². The zero-order valence-corrected chi connectivity index (χ0v) is 21.0. The maximum absolute atomic E-state index is 14.9. The van der Waals surface area contributed by atoms with Crippen LogP contribution in [0.15, 0.2) is 119 Å². The second-order valence-electron chi connectivity index (χ2n) is 9.41. The van der Waals surface area contributed by atoms with Crippen molar-refractivity contribution in [2.75, 3.05) is 4.90 Å². The lowest BCUT2D eigenvalue weighted by atomic mass is 9.80. The number of hydrogen-bond acceptors (Lipinski definition) is 7. The lowest BCUT2D eigenvalue weighted by Crippen LogP contribution is -2.51. The second kappa shape index (κ2) is 9.21. The molecule has 192 valence electrons. The first-order valence-corrected chi connectivity index (χ1v) is 12.4. The van der Waals surface area contributed by atoms with Gasteiger partial charge in [-0.1, -0.05) is 90.5 Å². The molecule has 0 saturated carbocycles. The number of nitrogens with two attached hydrogens (primary N) is 1. The van der Waals surface area contributed by atoms with Crippen molar-refractivity contribution in [1.82, 2.24) is 4.90 Å². The van der Waals surface area contributed by atoms with Crippen molar-refractivity contribution in [3.05, 3.63) is 142 Å². The molecule has 2 N–H and O–H groups in total. The molecule has 0 bridgehead atoms. The van der Waals surface area contributed by atoms with Crippen molar-refractivity contribution < 1.29 is 9.72 Å². The number of nitrogens with zero attached hydrogens (tertiary/aromatic N) is 5. The Morgan fingerprint density at radius 1 is 0.872 bits per heavy atom. The number of nitro groups is 1. The SMILES string of the molecule is Cc1ccc(N2C(=O)C(c3ccccc3)(c3ccccc3)N3C2=NC(N)=NC3c2cccc([N+](=O)[O-])c2)cc1. The molecular formula is C30H24N6O3. The van der Waals surface area contributed by atoms with E-state index in [0.29, 0.717) is 28.3 Å². The Labute approximate surface area is 224 Å². The number of guanidine groups is 2. The summed E-state index contributed by atoms with van der Waals surface area (Å²) in [5.74, 6) is 0.00277. The Balaban J connectivity index is 1.68. The van der Waals surface area contributed by atoms with E-state index in [1.807, 2.05) is 96.8 Å². The molecule has 4 aromatic rings. The molecule has 1 atom stereocenters. The number of aliphatic imine (C=N–C) groups is 2. The number of amides is 1. The summed E-state index contributed by atoms with van der Waals surface area (Å²) in [6.07, 6.45) is -0.878. The summed E-state index contributed by atoms with van der Waals surface area (Å²) in [6.45, 7) is 1.97. The number of non-ortho nitro benzene ring substituents is 1. The molecule has 9 heteroatoms. The summed E-state index contributed by atoms with van der Waals surface area (Å²) < 4.78 is 0. The van der Waals surface area contributed by atoms with Crippen LogP contribution in [0, 0.1) is 17.0 Å². The van der Waals surface area contributed by atoms with Gasteiger partial charge in [0.25, 0.3) is 11.6 Å². The Hall–Kier alpha value is -5.31. The minimum atomic E-state index is -1.40. The largest absolute Gasteiger partial charge is 0.368 e. The molecule has 9 nitrogen and oxygen atoms in total. The van der Waals surface area contributed by atoms with Crippen LogP contribution in [0.4, 0.5) is 11.4 Å². The summed E-state index contributed by atoms with van der Waals surface area (Å²) in [6, 6.07) is 32.7. The number of rotatable bonds is 5. The van der Waals surface area contributed by atoms with E-state index in [1.165, 1.54) is 12.1 Å². The number of anilines is 1. The average molecular weight is 517 g/mol. The van der Waals surface area contributed by atoms with Crippen molar-refractivity contribution in [1.29, 1.82) is 0 Å². The Kier molecular flexibility index (Phi) is 5.68. The molecule has 2 aliphatic rings. The molecule has 2 heterocycles. The van der Waals surface area contributed by atoms with Crippen molar-refractivity contribution in [3.63, 3.8) is 0 Å². The molecule has 1 amide bonds. The molecule has 6 rings (SSSR count). The number of carbonyl (C=O) groups excluding carboxylic acids is 1. The molecule has 1 fully saturated rings. The van der Waals surface area contributed by atoms with Crippen LogP contribution in [0.1, 0.15) is 28.4 Å². The van der Waals surface area contributed by atoms with E-state index in [-0.39, 0.29) is 17.6 Å². The number of nitro benzene ring substituents is 1. The third-order valence-corrected chi connectivity index (χ3v) is 7.06. The van der Waals surface area contributed by atoms with Gasteiger partial charge in [0.2, 0.25) is 11.9 Å². The highest BCUT2D eigenvalue weighted by molar-refractivity contribution is 6.28. The van der Waals surface area contributed by atoms with Crippen molar-refractivity contribution >= 4 is 29.2 Å². The van der Waals surface area contributed by atoms with Crippen molar-refractivity contribution in [2.45, 2.75) is 18.6 Å². The number of fused-ring (bicyclic) bond motifs is 1. The molecule has 0 spiro atoms. The van der Waals surface area contributed by atoms with Gasteiger partial charge in [0.1, 0.15) is 0 Å². The van der Waals surface area contributed by atoms with Crippen LogP contribution in [-0.4, -0.2) is 27.6 Å². The third kappa shape index (κ3) is 3.74. The van der Waals surface area contributed by atoms with Crippen LogP contribution in [-0.2, 0) is 10.3 Å². The Morgan fingerprint density at radius 2 is 1.49 bits per heavy atom. The Morgan fingerprint density at radius 3 is 2.08 bits per heavy atom. The van der Waals surface area contributed by atoms with Gasteiger partial charge < -0.3 is 5.73 Å². The predicted octanol–water partition coefficient (Wildman–Crippen LogP) is 4.88. The zero-order chi connectivity index (χ0) is 27.1. The first kappa shape index (κ1) is 24.1. The summed E-state index contributed by atoms with van der Waals surface area (Å²) in [5.41, 5.74) is 8.35. The van der Waals surface area contributed by atoms with Crippen molar-refractivity contribution in [3.8, 4) is 0 Å². The van der Waals surface area contributed by atoms with E-state index in [9.17, 15) is 14.9 Å². The Bertz CT molecular complexity index is 1600. The lowest BCUT2D eigenvalue weighted by Gasteiger charge is -2.41. The predicted molar refractivity (Wildman–Crippen MR) is 149 cm³/mol. The highest BCUT2D eigenvalue weighted by atomic mass is 16.6. The molecule has 0 aromatic heterocycles. The van der Waals surface area contributed by atoms with Gasteiger partial charge in [-0.2, -0.15) is 4.99 Å². The van der Waals surface area contributed by atoms with Crippen LogP contribution in [0.5, 0.6) is 0 Å². The molecule has 2 aliphatic heterocycles. The van der Waals surface area contributed by atoms with Crippen LogP contribution in [0.2, 0.25) is 0 Å². The quantitative estimate of drug-likeness (QED) is 0.300. The number of benzene rings is 4. The number of carbonyl (C=O) groups is 1. The standard InChI is InChI=1S/C30H24N6O3/c1-20-15-17-24(18-16-20)34-27(37)30(22-10-4-2-5-11-22,23-12-6-3-7-13-23)35-26(32-28(31)33-29(34)35)21-9-8-14-25(19-21)36(38)39/h2-19,26H,1H3,(H2,31,32). The fourth-order valence-electron chi connectivity index (χ4n) is 5.32. The molecule has 1 saturated heterocycles. The normalized spacial score (nSPS) is 17.9. The molecule has 4 aromatic carbocycles. The van der Waals surface area contributed by atoms with Gasteiger partial charge in [-0.15, -0.1) is 0 Å². The minimum Gasteiger partial charge on any atom is -0.368 e. The van der Waals surface area contributed by atoms with E-state index < -0.39 is 16.6 Å². The van der Waals surface area contributed by atoms with Gasteiger partial charge in [0.15, 0.2) is 11.7 Å². The third-order valence-electron chi connectivity index (χ3n) is 7.06. The van der Waals surface area contributed by atoms with Gasteiger partial charge in [-0.25, -0.2) is 9.89 Å². The van der Waals surface area contributed by atoms with Gasteiger partial charge in [-0.05, 0) is 30.2 Å².